The zero-order valence-corrected chi connectivity index (χ0v) is 13.5. The van der Waals surface area contributed by atoms with E-state index >= 15 is 0 Å². The van der Waals surface area contributed by atoms with Crippen LogP contribution in [-0.4, -0.2) is 34.2 Å². The fourth-order valence-corrected chi connectivity index (χ4v) is 3.03. The number of Topliss-reactive ketones (excluding diaryl/α,β-unsaturated/α-hetero) is 1. The average Bonchev–Trinajstić information content (AvgIpc) is 3.06. The number of carbonyl (C=O) groups excluding carboxylic acids is 2. The van der Waals surface area contributed by atoms with Crippen molar-refractivity contribution in [2.24, 2.45) is 0 Å². The smallest absolute Gasteiger partial charge is 0.254 e. The molecule has 1 unspecified atom stereocenters. The second-order valence-electron chi connectivity index (χ2n) is 6.06. The molecule has 1 fully saturated rings. The number of nitrogens with zero attached hydrogens (tertiary/aromatic N) is 2. The van der Waals surface area contributed by atoms with Gasteiger partial charge in [0.15, 0.2) is 5.78 Å². The molecule has 1 saturated heterocycles. The Morgan fingerprint density at radius 3 is 2.48 bits per heavy atom. The largest absolute Gasteiger partial charge is 0.328 e. The maximum absolute atomic E-state index is 12.9. The van der Waals surface area contributed by atoms with E-state index in [0.717, 1.165) is 24.0 Å². The molecule has 1 aliphatic heterocycles. The van der Waals surface area contributed by atoms with Crippen LogP contribution in [0.3, 0.4) is 0 Å². The third kappa shape index (κ3) is 3.02. The van der Waals surface area contributed by atoms with Gasteiger partial charge in [-0.2, -0.15) is 0 Å². The number of amides is 1. The quantitative estimate of drug-likeness (QED) is 0.818. The van der Waals surface area contributed by atoms with Gasteiger partial charge in [0.1, 0.15) is 0 Å². The molecule has 3 rings (SSSR count). The van der Waals surface area contributed by atoms with E-state index in [1.165, 1.54) is 0 Å². The third-order valence-corrected chi connectivity index (χ3v) is 4.54. The lowest BCUT2D eigenvalue weighted by Gasteiger charge is -2.24. The number of pyridine rings is 1. The van der Waals surface area contributed by atoms with Crippen LogP contribution in [0.4, 0.5) is 0 Å². The molecule has 2 heterocycles. The van der Waals surface area contributed by atoms with Gasteiger partial charge >= 0.3 is 0 Å². The van der Waals surface area contributed by atoms with Gasteiger partial charge in [0.2, 0.25) is 0 Å². The van der Waals surface area contributed by atoms with E-state index in [0.29, 0.717) is 17.7 Å². The van der Waals surface area contributed by atoms with Gasteiger partial charge < -0.3 is 4.90 Å². The Kier molecular flexibility index (Phi) is 4.24. The molecule has 0 bridgehead atoms. The minimum absolute atomic E-state index is 0.0352. The number of aryl methyl sites for hydroxylation is 2. The van der Waals surface area contributed by atoms with E-state index in [9.17, 15) is 9.59 Å². The second kappa shape index (κ2) is 6.32. The van der Waals surface area contributed by atoms with Gasteiger partial charge in [0.05, 0.1) is 6.04 Å². The Labute approximate surface area is 136 Å². The van der Waals surface area contributed by atoms with Crippen molar-refractivity contribution < 1.29 is 9.59 Å². The molecule has 0 radical (unpaired) electrons. The number of ketones is 1. The van der Waals surface area contributed by atoms with Crippen LogP contribution in [0.5, 0.6) is 0 Å². The summed E-state index contributed by atoms with van der Waals surface area (Å²) in [5.74, 6) is -0.0555. The molecule has 2 aromatic rings. The molecule has 1 aromatic heterocycles. The number of benzene rings is 1. The van der Waals surface area contributed by atoms with Gasteiger partial charge in [-0.3, -0.25) is 14.6 Å². The van der Waals surface area contributed by atoms with Crippen molar-refractivity contribution in [3.63, 3.8) is 0 Å². The first-order valence-electron chi connectivity index (χ1n) is 7.90. The molecule has 1 atom stereocenters. The molecule has 0 N–H and O–H groups in total. The van der Waals surface area contributed by atoms with Gasteiger partial charge in [0, 0.05) is 30.1 Å². The zero-order valence-electron chi connectivity index (χ0n) is 13.5. The minimum Gasteiger partial charge on any atom is -0.328 e. The summed E-state index contributed by atoms with van der Waals surface area (Å²) in [5, 5.41) is 0. The van der Waals surface area contributed by atoms with E-state index in [1.54, 1.807) is 29.4 Å². The van der Waals surface area contributed by atoms with E-state index < -0.39 is 0 Å². The van der Waals surface area contributed by atoms with Crippen LogP contribution < -0.4 is 0 Å². The molecule has 1 aromatic carbocycles. The molecule has 118 valence electrons. The van der Waals surface area contributed by atoms with E-state index in [-0.39, 0.29) is 17.7 Å². The van der Waals surface area contributed by atoms with Gasteiger partial charge in [-0.05, 0) is 56.0 Å². The van der Waals surface area contributed by atoms with Crippen LogP contribution in [0.25, 0.3) is 0 Å². The predicted octanol–water partition coefficient (Wildman–Crippen LogP) is 3.19. The first-order chi connectivity index (χ1) is 11.1. The lowest BCUT2D eigenvalue weighted by molar-refractivity contribution is 0.0671. The van der Waals surface area contributed by atoms with Crippen molar-refractivity contribution in [3.05, 3.63) is 65.0 Å². The van der Waals surface area contributed by atoms with Crippen LogP contribution in [0.15, 0.2) is 42.7 Å². The molecule has 0 spiro atoms. The molecule has 4 nitrogen and oxygen atoms in total. The summed E-state index contributed by atoms with van der Waals surface area (Å²) in [6, 6.07) is 8.77. The molecule has 1 amide bonds. The van der Waals surface area contributed by atoms with E-state index in [2.05, 4.69) is 4.98 Å². The van der Waals surface area contributed by atoms with E-state index in [1.807, 2.05) is 32.0 Å². The topological polar surface area (TPSA) is 50.3 Å². The summed E-state index contributed by atoms with van der Waals surface area (Å²) in [6.07, 6.45) is 4.79. The van der Waals surface area contributed by atoms with Crippen molar-refractivity contribution in [2.45, 2.75) is 32.7 Å². The Bertz CT molecular complexity index is 740. The fourth-order valence-electron chi connectivity index (χ4n) is 3.03. The number of carbonyl (C=O) groups is 2. The van der Waals surface area contributed by atoms with Crippen molar-refractivity contribution in [2.75, 3.05) is 6.54 Å². The van der Waals surface area contributed by atoms with Crippen LogP contribution in [0, 0.1) is 13.8 Å². The van der Waals surface area contributed by atoms with E-state index in [4.69, 9.17) is 0 Å². The SMILES string of the molecule is Cc1ccc(C(=O)C2CCCN2C(=O)c2ccncc2)cc1C. The highest BCUT2D eigenvalue weighted by atomic mass is 16.2. The zero-order chi connectivity index (χ0) is 16.4. The summed E-state index contributed by atoms with van der Waals surface area (Å²) < 4.78 is 0. The number of likely N-dealkylation sites (tertiary alicyclic amines) is 1. The van der Waals surface area contributed by atoms with Gasteiger partial charge in [-0.25, -0.2) is 0 Å². The Morgan fingerprint density at radius 2 is 1.78 bits per heavy atom. The number of hydrogen-bond donors (Lipinski definition) is 0. The number of aromatic nitrogens is 1. The summed E-state index contributed by atoms with van der Waals surface area (Å²) in [6.45, 7) is 4.65. The monoisotopic (exact) mass is 308 g/mol. The third-order valence-electron chi connectivity index (χ3n) is 4.54. The van der Waals surface area contributed by atoms with Gasteiger partial charge in [-0.1, -0.05) is 12.1 Å². The highest BCUT2D eigenvalue weighted by Crippen LogP contribution is 2.24. The second-order valence-corrected chi connectivity index (χ2v) is 6.06. The molecular formula is C19H20N2O2. The fraction of sp³-hybridized carbons (Fsp3) is 0.316. The van der Waals surface area contributed by atoms with Crippen molar-refractivity contribution in [1.29, 1.82) is 0 Å². The summed E-state index contributed by atoms with van der Waals surface area (Å²) in [5.41, 5.74) is 3.53. The van der Waals surface area contributed by atoms with Crippen molar-refractivity contribution in [3.8, 4) is 0 Å². The summed E-state index contributed by atoms with van der Waals surface area (Å²) in [4.78, 5) is 31.1. The molecule has 1 aliphatic rings. The first-order valence-corrected chi connectivity index (χ1v) is 7.90. The predicted molar refractivity (Wildman–Crippen MR) is 88.5 cm³/mol. The molecular weight excluding hydrogens is 288 g/mol. The van der Waals surface area contributed by atoms with Gasteiger partial charge in [-0.15, -0.1) is 0 Å². The maximum Gasteiger partial charge on any atom is 0.254 e. The van der Waals surface area contributed by atoms with Crippen LogP contribution in [-0.2, 0) is 0 Å². The summed E-state index contributed by atoms with van der Waals surface area (Å²) in [7, 11) is 0. The first kappa shape index (κ1) is 15.4. The molecule has 4 heteroatoms. The maximum atomic E-state index is 12.9. The Morgan fingerprint density at radius 1 is 1.04 bits per heavy atom. The molecule has 0 saturated carbocycles. The lowest BCUT2D eigenvalue weighted by Crippen LogP contribution is -2.40. The number of hydrogen-bond acceptors (Lipinski definition) is 3. The van der Waals surface area contributed by atoms with Crippen molar-refractivity contribution in [1.82, 2.24) is 9.88 Å². The standard InChI is InChI=1S/C19H20N2O2/c1-13-5-6-16(12-14(13)2)18(22)17-4-3-11-21(17)19(23)15-7-9-20-10-8-15/h5-10,12,17H,3-4,11H2,1-2H3. The molecule has 0 aliphatic carbocycles. The lowest BCUT2D eigenvalue weighted by atomic mass is 9.98. The Balaban J connectivity index is 1.85. The Hall–Kier alpha value is -2.49. The normalized spacial score (nSPS) is 17.3. The van der Waals surface area contributed by atoms with Crippen LogP contribution in [0.2, 0.25) is 0 Å². The van der Waals surface area contributed by atoms with Crippen molar-refractivity contribution >= 4 is 11.7 Å². The van der Waals surface area contributed by atoms with Crippen LogP contribution >= 0.6 is 0 Å². The number of rotatable bonds is 3. The molecule has 23 heavy (non-hydrogen) atoms. The van der Waals surface area contributed by atoms with Crippen LogP contribution in [0.1, 0.15) is 44.7 Å². The minimum atomic E-state index is -0.363. The van der Waals surface area contributed by atoms with Gasteiger partial charge in [0.25, 0.3) is 5.91 Å². The highest BCUT2D eigenvalue weighted by Gasteiger charge is 2.34. The average molecular weight is 308 g/mol. The highest BCUT2D eigenvalue weighted by molar-refractivity contribution is 6.04. The summed E-state index contributed by atoms with van der Waals surface area (Å²) >= 11 is 0.